The summed E-state index contributed by atoms with van der Waals surface area (Å²) in [6, 6.07) is 3.98. The first-order valence-corrected chi connectivity index (χ1v) is 9.46. The van der Waals surface area contributed by atoms with Gasteiger partial charge in [-0.25, -0.2) is 0 Å². The molecule has 3 fully saturated rings. The van der Waals surface area contributed by atoms with Crippen molar-refractivity contribution in [3.8, 4) is 18.1 Å². The van der Waals surface area contributed by atoms with Crippen molar-refractivity contribution in [3.63, 3.8) is 0 Å². The number of nitro benzene ring substituents is 1. The second-order valence-corrected chi connectivity index (χ2v) is 7.86. The van der Waals surface area contributed by atoms with Crippen molar-refractivity contribution in [2.24, 2.45) is 40.6 Å². The van der Waals surface area contributed by atoms with Crippen LogP contribution in [0, 0.1) is 58.0 Å². The maximum atomic E-state index is 12.9. The maximum absolute atomic E-state index is 12.9. The zero-order valence-electron chi connectivity index (χ0n) is 15.3. The fourth-order valence-electron chi connectivity index (χ4n) is 5.18. The van der Waals surface area contributed by atoms with Crippen LogP contribution in [0.3, 0.4) is 0 Å². The van der Waals surface area contributed by atoms with Gasteiger partial charge in [-0.1, -0.05) is 18.1 Å². The smallest absolute Gasteiger partial charge is 0.270 e. The van der Waals surface area contributed by atoms with Gasteiger partial charge >= 0.3 is 0 Å². The maximum Gasteiger partial charge on any atom is 0.270 e. The Morgan fingerprint density at radius 3 is 2.48 bits per heavy atom. The summed E-state index contributed by atoms with van der Waals surface area (Å²) in [7, 11) is 0. The van der Waals surface area contributed by atoms with Gasteiger partial charge < -0.3 is 4.74 Å². The summed E-state index contributed by atoms with van der Waals surface area (Å²) in [6.07, 6.45) is 11.7. The van der Waals surface area contributed by atoms with Crippen LogP contribution in [0.15, 0.2) is 35.5 Å². The molecule has 6 atom stereocenters. The number of carbonyl (C=O) groups is 2. The molecule has 8 heteroatoms. The van der Waals surface area contributed by atoms with E-state index in [4.69, 9.17) is 11.2 Å². The summed E-state index contributed by atoms with van der Waals surface area (Å²) in [5.41, 5.74) is 0.114. The number of hydrogen-bond acceptors (Lipinski definition) is 6. The Labute approximate surface area is 166 Å². The highest BCUT2D eigenvalue weighted by Gasteiger charge is 2.67. The van der Waals surface area contributed by atoms with Crippen molar-refractivity contribution in [2.75, 3.05) is 6.61 Å². The number of amides is 2. The minimum absolute atomic E-state index is 0.0256. The second kappa shape index (κ2) is 6.27. The van der Waals surface area contributed by atoms with Gasteiger partial charge in [-0.2, -0.15) is 10.1 Å². The number of benzene rings is 1. The number of hydrogen-bond donors (Lipinski definition) is 0. The first-order valence-electron chi connectivity index (χ1n) is 9.46. The van der Waals surface area contributed by atoms with Crippen LogP contribution in [0.25, 0.3) is 0 Å². The van der Waals surface area contributed by atoms with E-state index in [0.29, 0.717) is 11.8 Å². The monoisotopic (exact) mass is 391 g/mol. The number of allylic oxidation sites excluding steroid dienone is 2. The van der Waals surface area contributed by atoms with Gasteiger partial charge in [-0.05, 0) is 36.2 Å². The standard InChI is InChI=1S/C21H17N3O5/c1-2-7-29-17-6-3-12(24(27)28)8-11(17)10-22-23-20(25)18-13-4-5-14(16-9-15(13)16)19(18)21(23)26/h1,3-6,8,10,13-16,18-19H,7,9H2/b22-10-/t13-,14-,15-,16-,18-,19+/m0/s1. The largest absolute Gasteiger partial charge is 0.480 e. The highest BCUT2D eigenvalue weighted by molar-refractivity contribution is 6.06. The molecule has 2 saturated carbocycles. The van der Waals surface area contributed by atoms with Crippen molar-refractivity contribution in [2.45, 2.75) is 6.42 Å². The Kier molecular flexibility index (Phi) is 3.81. The highest BCUT2D eigenvalue weighted by atomic mass is 16.6. The fraction of sp³-hybridized carbons (Fsp3) is 0.381. The molecule has 4 aliphatic carbocycles. The van der Waals surface area contributed by atoms with Crippen LogP contribution in [-0.4, -0.2) is 34.6 Å². The summed E-state index contributed by atoms with van der Waals surface area (Å²) in [4.78, 5) is 36.4. The number of imide groups is 1. The Morgan fingerprint density at radius 1 is 1.24 bits per heavy atom. The molecule has 1 aromatic carbocycles. The zero-order valence-corrected chi connectivity index (χ0v) is 15.3. The van der Waals surface area contributed by atoms with E-state index in [1.807, 2.05) is 0 Å². The lowest BCUT2D eigenvalue weighted by molar-refractivity contribution is -0.384. The second-order valence-electron chi connectivity index (χ2n) is 7.86. The van der Waals surface area contributed by atoms with Crippen LogP contribution in [0.2, 0.25) is 0 Å². The van der Waals surface area contributed by atoms with Crippen LogP contribution >= 0.6 is 0 Å². The third kappa shape index (κ3) is 2.58. The summed E-state index contributed by atoms with van der Waals surface area (Å²) >= 11 is 0. The zero-order chi connectivity index (χ0) is 20.3. The van der Waals surface area contributed by atoms with Crippen molar-refractivity contribution >= 4 is 23.7 Å². The molecule has 1 aromatic rings. The molecule has 0 unspecified atom stereocenters. The molecule has 0 spiro atoms. The predicted molar refractivity (Wildman–Crippen MR) is 102 cm³/mol. The average molecular weight is 391 g/mol. The lowest BCUT2D eigenvalue weighted by Crippen LogP contribution is -2.40. The van der Waals surface area contributed by atoms with Gasteiger partial charge in [0.15, 0.2) is 0 Å². The molecule has 5 aliphatic rings. The lowest BCUT2D eigenvalue weighted by Gasteiger charge is -2.37. The number of nitro groups is 1. The Hall–Kier alpha value is -3.47. The Morgan fingerprint density at radius 2 is 1.90 bits per heavy atom. The molecule has 1 saturated heterocycles. The Bertz CT molecular complexity index is 1000. The summed E-state index contributed by atoms with van der Waals surface area (Å²) in [6.45, 7) is -0.0256. The van der Waals surface area contributed by atoms with Crippen LogP contribution in [0.4, 0.5) is 5.69 Å². The quantitative estimate of drug-likeness (QED) is 0.191. The molecule has 8 nitrogen and oxygen atoms in total. The molecular formula is C21H17N3O5. The highest BCUT2D eigenvalue weighted by Crippen LogP contribution is 2.65. The van der Waals surface area contributed by atoms with E-state index < -0.39 is 4.92 Å². The van der Waals surface area contributed by atoms with Crippen molar-refractivity contribution < 1.29 is 19.2 Å². The average Bonchev–Trinajstić information content (AvgIpc) is 3.50. The van der Waals surface area contributed by atoms with Crippen LogP contribution in [-0.2, 0) is 9.59 Å². The van der Waals surface area contributed by atoms with E-state index >= 15 is 0 Å². The predicted octanol–water partition coefficient (Wildman–Crippen LogP) is 1.99. The van der Waals surface area contributed by atoms with Gasteiger partial charge in [-0.3, -0.25) is 19.7 Å². The number of carbonyl (C=O) groups excluding carboxylic acids is 2. The number of terminal acetylenes is 1. The van der Waals surface area contributed by atoms with E-state index in [1.54, 1.807) is 0 Å². The normalized spacial score (nSPS) is 33.6. The first kappa shape index (κ1) is 17.6. The summed E-state index contributed by atoms with van der Waals surface area (Å²) in [5, 5.41) is 16.1. The lowest BCUT2D eigenvalue weighted by atomic mass is 9.63. The van der Waals surface area contributed by atoms with E-state index in [-0.39, 0.29) is 59.1 Å². The fourth-order valence-corrected chi connectivity index (χ4v) is 5.18. The summed E-state index contributed by atoms with van der Waals surface area (Å²) in [5.74, 6) is 2.57. The number of rotatable bonds is 5. The molecule has 0 aromatic heterocycles. The van der Waals surface area contributed by atoms with Crippen molar-refractivity contribution in [1.29, 1.82) is 0 Å². The third-order valence-corrected chi connectivity index (χ3v) is 6.47. The van der Waals surface area contributed by atoms with E-state index in [1.165, 1.54) is 24.4 Å². The van der Waals surface area contributed by atoms with Gasteiger partial charge in [0.05, 0.1) is 23.0 Å². The van der Waals surface area contributed by atoms with Gasteiger partial charge in [0.1, 0.15) is 12.4 Å². The van der Waals surface area contributed by atoms with E-state index in [2.05, 4.69) is 23.2 Å². The number of ether oxygens (including phenoxy) is 1. The Balaban J connectivity index is 1.44. The first-order chi connectivity index (χ1) is 14.0. The molecule has 2 bridgehead atoms. The third-order valence-electron chi connectivity index (χ3n) is 6.47. The van der Waals surface area contributed by atoms with Gasteiger partial charge in [0.25, 0.3) is 17.5 Å². The SMILES string of the molecule is C#CCOc1ccc([N+](=O)[O-])cc1/C=N\N1C(=O)[C@@H]2[C@H]3C=C[C@@H]([C@@H]4C[C@@H]34)[C@@H]2C1=O. The molecule has 0 radical (unpaired) electrons. The van der Waals surface area contributed by atoms with Crippen LogP contribution in [0.5, 0.6) is 5.75 Å². The molecule has 146 valence electrons. The molecule has 6 rings (SSSR count). The van der Waals surface area contributed by atoms with Gasteiger partial charge in [-0.15, -0.1) is 6.42 Å². The van der Waals surface area contributed by atoms with Crippen molar-refractivity contribution in [3.05, 3.63) is 46.0 Å². The van der Waals surface area contributed by atoms with Crippen LogP contribution < -0.4 is 4.74 Å². The van der Waals surface area contributed by atoms with Crippen LogP contribution in [0.1, 0.15) is 12.0 Å². The van der Waals surface area contributed by atoms with E-state index in [0.717, 1.165) is 11.4 Å². The number of hydrazone groups is 1. The molecule has 2 amide bonds. The van der Waals surface area contributed by atoms with Gasteiger partial charge in [0.2, 0.25) is 0 Å². The molecule has 1 heterocycles. The molecule has 29 heavy (non-hydrogen) atoms. The molecular weight excluding hydrogens is 374 g/mol. The van der Waals surface area contributed by atoms with Crippen molar-refractivity contribution in [1.82, 2.24) is 5.01 Å². The minimum Gasteiger partial charge on any atom is -0.480 e. The van der Waals surface area contributed by atoms with E-state index in [9.17, 15) is 19.7 Å². The summed E-state index contributed by atoms with van der Waals surface area (Å²) < 4.78 is 5.40. The number of nitrogens with zero attached hydrogens (tertiary/aromatic N) is 3. The molecule has 0 N–H and O–H groups in total. The minimum atomic E-state index is -0.543. The molecule has 1 aliphatic heterocycles. The van der Waals surface area contributed by atoms with Gasteiger partial charge in [0, 0.05) is 17.7 Å². The topological polar surface area (TPSA) is 102 Å². The number of non-ortho nitro benzene ring substituents is 1.